The molecule has 1 aromatic carbocycles. The van der Waals surface area contributed by atoms with E-state index in [4.69, 9.17) is 4.74 Å². The number of aliphatic imine (C=N–C) groups is 1. The smallest absolute Gasteiger partial charge is 0.343 e. The number of allylic oxidation sites excluding steroid dienone is 1. The van der Waals surface area contributed by atoms with Crippen molar-refractivity contribution in [3.8, 4) is 0 Å². The number of amidine groups is 1. The Morgan fingerprint density at radius 1 is 1.09 bits per heavy atom. The minimum absolute atomic E-state index is 0.0744. The van der Waals surface area contributed by atoms with Crippen molar-refractivity contribution in [2.75, 3.05) is 38.1 Å². The van der Waals surface area contributed by atoms with Crippen LogP contribution in [0, 0.1) is 5.92 Å². The zero-order chi connectivity index (χ0) is 23.4. The van der Waals surface area contributed by atoms with E-state index in [1.807, 2.05) is 34.1 Å². The molecule has 1 aromatic rings. The van der Waals surface area contributed by atoms with Gasteiger partial charge < -0.3 is 25.2 Å². The third kappa shape index (κ3) is 5.02. The van der Waals surface area contributed by atoms with Gasteiger partial charge >= 0.3 is 12.0 Å². The first-order valence-corrected chi connectivity index (χ1v) is 11.7. The molecule has 9 nitrogen and oxygen atoms in total. The summed E-state index contributed by atoms with van der Waals surface area (Å²) in [7, 11) is 0. The number of nitrogens with zero attached hydrogens (tertiary/aromatic N) is 3. The van der Waals surface area contributed by atoms with Crippen molar-refractivity contribution in [3.05, 3.63) is 35.5 Å². The zero-order valence-electron chi connectivity index (χ0n) is 19.2. The number of urea groups is 1. The van der Waals surface area contributed by atoms with Gasteiger partial charge in [0.15, 0.2) is 0 Å². The third-order valence-corrected chi connectivity index (χ3v) is 6.30. The number of ether oxygens (including phenoxy) is 1. The van der Waals surface area contributed by atoms with Crippen LogP contribution in [0.15, 0.2) is 40.5 Å². The summed E-state index contributed by atoms with van der Waals surface area (Å²) in [4.78, 5) is 46.8. The lowest BCUT2D eigenvalue weighted by Crippen LogP contribution is -2.48. The number of benzene rings is 1. The molecule has 0 spiro atoms. The van der Waals surface area contributed by atoms with Gasteiger partial charge in [0.25, 0.3) is 0 Å². The van der Waals surface area contributed by atoms with E-state index in [0.717, 1.165) is 31.6 Å². The summed E-state index contributed by atoms with van der Waals surface area (Å²) in [5.74, 6) is -0.814. The third-order valence-electron chi connectivity index (χ3n) is 6.30. The number of para-hydroxylation sites is 2. The molecule has 0 aliphatic carbocycles. The molecule has 4 rings (SSSR count). The predicted octanol–water partition coefficient (Wildman–Crippen LogP) is 3.02. The number of esters is 1. The Morgan fingerprint density at radius 2 is 1.76 bits per heavy atom. The van der Waals surface area contributed by atoms with Crippen LogP contribution in [0.2, 0.25) is 0 Å². The van der Waals surface area contributed by atoms with Crippen LogP contribution in [0.5, 0.6) is 0 Å². The molecular formula is C24H31N5O4. The Morgan fingerprint density at radius 3 is 2.45 bits per heavy atom. The van der Waals surface area contributed by atoms with Gasteiger partial charge in [-0.05, 0) is 51.7 Å². The molecule has 3 aliphatic rings. The van der Waals surface area contributed by atoms with E-state index >= 15 is 0 Å². The number of rotatable bonds is 3. The van der Waals surface area contributed by atoms with E-state index in [-0.39, 0.29) is 35.9 Å². The van der Waals surface area contributed by atoms with Crippen LogP contribution >= 0.6 is 0 Å². The maximum atomic E-state index is 13.2. The zero-order valence-corrected chi connectivity index (χ0v) is 19.2. The second-order valence-electron chi connectivity index (χ2n) is 8.55. The van der Waals surface area contributed by atoms with Crippen LogP contribution in [0.25, 0.3) is 0 Å². The molecule has 3 amide bonds. The summed E-state index contributed by atoms with van der Waals surface area (Å²) in [6.07, 6.45) is 3.26. The quantitative estimate of drug-likeness (QED) is 0.685. The summed E-state index contributed by atoms with van der Waals surface area (Å²) >= 11 is 0. The molecule has 3 heterocycles. The lowest BCUT2D eigenvalue weighted by atomic mass is 9.96. The molecule has 9 heteroatoms. The average Bonchev–Trinajstić information content (AvgIpc) is 3.30. The minimum Gasteiger partial charge on any atom is -0.462 e. The first kappa shape index (κ1) is 22.8. The fourth-order valence-electron chi connectivity index (χ4n) is 4.50. The summed E-state index contributed by atoms with van der Waals surface area (Å²) < 4.78 is 5.23. The number of fused-ring (bicyclic) bond motifs is 1. The molecule has 0 saturated carbocycles. The van der Waals surface area contributed by atoms with Crippen molar-refractivity contribution in [2.24, 2.45) is 10.9 Å². The van der Waals surface area contributed by atoms with E-state index in [1.54, 1.807) is 13.8 Å². The lowest BCUT2D eigenvalue weighted by molar-refractivity contribution is -0.137. The van der Waals surface area contributed by atoms with Crippen LogP contribution in [0.4, 0.5) is 16.2 Å². The number of nitrogens with one attached hydrogen (secondary N) is 2. The van der Waals surface area contributed by atoms with E-state index in [0.29, 0.717) is 37.3 Å². The topological polar surface area (TPSA) is 103 Å². The molecule has 0 aromatic heterocycles. The van der Waals surface area contributed by atoms with Crippen molar-refractivity contribution in [1.29, 1.82) is 0 Å². The number of hydrogen-bond donors (Lipinski definition) is 2. The van der Waals surface area contributed by atoms with Gasteiger partial charge in [-0.3, -0.25) is 4.79 Å². The van der Waals surface area contributed by atoms with E-state index in [9.17, 15) is 14.4 Å². The van der Waals surface area contributed by atoms with Crippen LogP contribution in [-0.2, 0) is 14.3 Å². The molecule has 33 heavy (non-hydrogen) atoms. The highest BCUT2D eigenvalue weighted by molar-refractivity contribution is 6.24. The average molecular weight is 454 g/mol. The van der Waals surface area contributed by atoms with E-state index < -0.39 is 5.97 Å². The largest absolute Gasteiger partial charge is 0.462 e. The monoisotopic (exact) mass is 453 g/mol. The molecule has 176 valence electrons. The van der Waals surface area contributed by atoms with Gasteiger partial charge in [-0.15, -0.1) is 0 Å². The molecule has 2 N–H and O–H groups in total. The number of piperidine rings is 1. The molecule has 0 unspecified atom stereocenters. The summed E-state index contributed by atoms with van der Waals surface area (Å²) in [6.45, 7) is 6.44. The molecule has 3 aliphatic heterocycles. The Balaban J connectivity index is 1.48. The van der Waals surface area contributed by atoms with Crippen LogP contribution < -0.4 is 10.6 Å². The van der Waals surface area contributed by atoms with Gasteiger partial charge in [0.05, 0.1) is 18.0 Å². The van der Waals surface area contributed by atoms with Crippen LogP contribution in [0.1, 0.15) is 39.5 Å². The highest BCUT2D eigenvalue weighted by Gasteiger charge is 2.32. The normalized spacial score (nSPS) is 18.8. The Kier molecular flexibility index (Phi) is 6.96. The Hall–Kier alpha value is -3.36. The van der Waals surface area contributed by atoms with Crippen molar-refractivity contribution in [2.45, 2.75) is 39.5 Å². The van der Waals surface area contributed by atoms with Gasteiger partial charge in [-0.1, -0.05) is 12.1 Å². The fraction of sp³-hybridized carbons (Fsp3) is 0.500. The number of hydrogen-bond acceptors (Lipinski definition) is 6. The van der Waals surface area contributed by atoms with E-state index in [1.165, 1.54) is 0 Å². The first-order chi connectivity index (χ1) is 16.0. The molecule has 2 saturated heterocycles. The SMILES string of the molecule is CCOC(=O)C1=C(C)Nc2ccccc2N=C1NC(=O)C1CCN(C(=O)N2CCCC2)CC1. The number of carbonyl (C=O) groups is 3. The summed E-state index contributed by atoms with van der Waals surface area (Å²) in [5, 5.41) is 6.09. The lowest BCUT2D eigenvalue weighted by Gasteiger charge is -2.34. The van der Waals surface area contributed by atoms with Gasteiger partial charge in [0.1, 0.15) is 11.4 Å². The minimum atomic E-state index is -0.541. The number of amides is 3. The maximum Gasteiger partial charge on any atom is 0.343 e. The molecule has 0 atom stereocenters. The van der Waals surface area contributed by atoms with Crippen molar-refractivity contribution < 1.29 is 19.1 Å². The van der Waals surface area contributed by atoms with Gasteiger partial charge in [-0.2, -0.15) is 0 Å². The highest BCUT2D eigenvalue weighted by atomic mass is 16.5. The Labute approximate surface area is 193 Å². The van der Waals surface area contributed by atoms with E-state index in [2.05, 4.69) is 15.6 Å². The van der Waals surface area contributed by atoms with Crippen LogP contribution in [-0.4, -0.2) is 66.3 Å². The summed E-state index contributed by atoms with van der Waals surface area (Å²) in [5.41, 5.74) is 2.14. The van der Waals surface area contributed by atoms with Gasteiger partial charge in [-0.25, -0.2) is 14.6 Å². The molecular weight excluding hydrogens is 422 g/mol. The number of anilines is 1. The standard InChI is InChI=1S/C24H31N5O4/c1-3-33-23(31)20-16(2)25-18-8-4-5-9-19(18)26-21(20)27-22(30)17-10-14-29(15-11-17)24(32)28-12-6-7-13-28/h4-5,8-9,17,25H,3,6-7,10-15H2,1-2H3,(H,26,27,30). The fourth-order valence-corrected chi connectivity index (χ4v) is 4.50. The van der Waals surface area contributed by atoms with Crippen molar-refractivity contribution in [3.63, 3.8) is 0 Å². The van der Waals surface area contributed by atoms with Gasteiger partial charge in [0.2, 0.25) is 5.91 Å². The second kappa shape index (κ2) is 10.1. The second-order valence-corrected chi connectivity index (χ2v) is 8.55. The van der Waals surface area contributed by atoms with Gasteiger partial charge in [0, 0.05) is 37.8 Å². The highest BCUT2D eigenvalue weighted by Crippen LogP contribution is 2.30. The first-order valence-electron chi connectivity index (χ1n) is 11.7. The van der Waals surface area contributed by atoms with Crippen molar-refractivity contribution >= 4 is 35.1 Å². The van der Waals surface area contributed by atoms with Crippen LogP contribution in [0.3, 0.4) is 0 Å². The maximum absolute atomic E-state index is 13.2. The van der Waals surface area contributed by atoms with Crippen molar-refractivity contribution in [1.82, 2.24) is 15.1 Å². The predicted molar refractivity (Wildman–Crippen MR) is 125 cm³/mol. The number of carbonyl (C=O) groups excluding carboxylic acids is 3. The summed E-state index contributed by atoms with van der Waals surface area (Å²) in [6, 6.07) is 7.48. The molecule has 0 radical (unpaired) electrons. The molecule has 0 bridgehead atoms. The molecule has 2 fully saturated rings. The Bertz CT molecular complexity index is 988. The number of likely N-dealkylation sites (tertiary alicyclic amines) is 2.